The first-order chi connectivity index (χ1) is 6.24. The quantitative estimate of drug-likeness (QED) is 0.635. The molecule has 13 heavy (non-hydrogen) atoms. The second-order valence-electron chi connectivity index (χ2n) is 2.78. The molecule has 2 nitrogen and oxygen atoms in total. The first kappa shape index (κ1) is 9.63. The van der Waals surface area contributed by atoms with E-state index in [4.69, 9.17) is 5.11 Å². The van der Waals surface area contributed by atoms with Crippen molar-refractivity contribution in [3.63, 3.8) is 0 Å². The molecule has 0 radical (unpaired) electrons. The SMILES string of the molecule is Cc1cc(C#CCCO)ccc1O. The van der Waals surface area contributed by atoms with Gasteiger partial charge in [0, 0.05) is 12.0 Å². The minimum absolute atomic E-state index is 0.0874. The average molecular weight is 176 g/mol. The monoisotopic (exact) mass is 176 g/mol. The zero-order valence-electron chi connectivity index (χ0n) is 7.54. The Bertz CT molecular complexity index is 345. The van der Waals surface area contributed by atoms with Crippen molar-refractivity contribution < 1.29 is 10.2 Å². The Morgan fingerprint density at radius 3 is 2.77 bits per heavy atom. The number of phenolic OH excluding ortho intramolecular Hbond substituents is 1. The topological polar surface area (TPSA) is 40.5 Å². The molecule has 1 rings (SSSR count). The van der Waals surface area contributed by atoms with Crippen molar-refractivity contribution in [1.29, 1.82) is 0 Å². The van der Waals surface area contributed by atoms with Gasteiger partial charge in [-0.25, -0.2) is 0 Å². The van der Waals surface area contributed by atoms with E-state index in [1.54, 1.807) is 12.1 Å². The fourth-order valence-electron chi connectivity index (χ4n) is 0.954. The lowest BCUT2D eigenvalue weighted by Crippen LogP contribution is -1.80. The summed E-state index contributed by atoms with van der Waals surface area (Å²) in [6, 6.07) is 5.20. The molecule has 0 saturated carbocycles. The van der Waals surface area contributed by atoms with Gasteiger partial charge in [-0.3, -0.25) is 0 Å². The van der Waals surface area contributed by atoms with Gasteiger partial charge in [0.1, 0.15) is 5.75 Å². The first-order valence-corrected chi connectivity index (χ1v) is 4.13. The maximum Gasteiger partial charge on any atom is 0.118 e. The molecule has 0 aliphatic heterocycles. The summed E-state index contributed by atoms with van der Waals surface area (Å²) in [5.41, 5.74) is 1.68. The van der Waals surface area contributed by atoms with Gasteiger partial charge < -0.3 is 10.2 Å². The Morgan fingerprint density at radius 2 is 2.15 bits per heavy atom. The Labute approximate surface area is 77.8 Å². The van der Waals surface area contributed by atoms with E-state index in [0.29, 0.717) is 6.42 Å². The standard InChI is InChI=1S/C11H12O2/c1-9-8-10(4-2-3-7-12)5-6-11(9)13/h5-6,8,12-13H,3,7H2,1H3. The minimum Gasteiger partial charge on any atom is -0.508 e. The lowest BCUT2D eigenvalue weighted by Gasteiger charge is -1.97. The van der Waals surface area contributed by atoms with Crippen molar-refractivity contribution in [1.82, 2.24) is 0 Å². The van der Waals surface area contributed by atoms with E-state index in [1.165, 1.54) is 0 Å². The maximum atomic E-state index is 9.23. The van der Waals surface area contributed by atoms with Gasteiger partial charge in [0.25, 0.3) is 0 Å². The summed E-state index contributed by atoms with van der Waals surface area (Å²) < 4.78 is 0. The third kappa shape index (κ3) is 2.81. The molecule has 0 atom stereocenters. The zero-order valence-corrected chi connectivity index (χ0v) is 7.54. The normalized spacial score (nSPS) is 9.08. The Kier molecular flexibility index (Phi) is 3.36. The molecule has 0 fully saturated rings. The molecule has 0 heterocycles. The fraction of sp³-hybridized carbons (Fsp3) is 0.273. The van der Waals surface area contributed by atoms with Crippen LogP contribution in [0.25, 0.3) is 0 Å². The van der Waals surface area contributed by atoms with Gasteiger partial charge in [0.05, 0.1) is 6.61 Å². The van der Waals surface area contributed by atoms with E-state index < -0.39 is 0 Å². The van der Waals surface area contributed by atoms with Crippen molar-refractivity contribution >= 4 is 0 Å². The molecule has 2 heteroatoms. The molecular formula is C11H12O2. The minimum atomic E-state index is 0.0874. The number of hydrogen-bond acceptors (Lipinski definition) is 2. The van der Waals surface area contributed by atoms with Crippen LogP contribution in [0.2, 0.25) is 0 Å². The summed E-state index contributed by atoms with van der Waals surface area (Å²) in [5, 5.41) is 17.7. The third-order valence-electron chi connectivity index (χ3n) is 1.67. The van der Waals surface area contributed by atoms with Crippen molar-refractivity contribution in [2.24, 2.45) is 0 Å². The Hall–Kier alpha value is -1.46. The van der Waals surface area contributed by atoms with E-state index in [1.807, 2.05) is 13.0 Å². The van der Waals surface area contributed by atoms with Gasteiger partial charge >= 0.3 is 0 Å². The number of benzene rings is 1. The highest BCUT2D eigenvalue weighted by molar-refractivity contribution is 5.42. The molecule has 0 amide bonds. The second kappa shape index (κ2) is 4.54. The highest BCUT2D eigenvalue weighted by atomic mass is 16.3. The molecule has 2 N–H and O–H groups in total. The first-order valence-electron chi connectivity index (χ1n) is 4.13. The predicted molar refractivity (Wildman–Crippen MR) is 51.4 cm³/mol. The van der Waals surface area contributed by atoms with Gasteiger partial charge in [-0.05, 0) is 30.7 Å². The number of aliphatic hydroxyl groups is 1. The summed E-state index contributed by atoms with van der Waals surface area (Å²) in [5.74, 6) is 5.99. The van der Waals surface area contributed by atoms with Gasteiger partial charge in [-0.1, -0.05) is 11.8 Å². The molecular weight excluding hydrogens is 164 g/mol. The summed E-state index contributed by atoms with van der Waals surface area (Å²) in [4.78, 5) is 0. The highest BCUT2D eigenvalue weighted by Gasteiger charge is 1.94. The molecule has 0 spiro atoms. The van der Waals surface area contributed by atoms with E-state index in [2.05, 4.69) is 11.8 Å². The Balaban J connectivity index is 2.81. The molecule has 0 bridgehead atoms. The molecule has 0 aliphatic rings. The van der Waals surface area contributed by atoms with Crippen LogP contribution in [0.15, 0.2) is 18.2 Å². The summed E-state index contributed by atoms with van der Waals surface area (Å²) in [6.07, 6.45) is 0.486. The van der Waals surface area contributed by atoms with Gasteiger partial charge in [-0.15, -0.1) is 0 Å². The van der Waals surface area contributed by atoms with Crippen LogP contribution in [-0.2, 0) is 0 Å². The molecule has 1 aromatic carbocycles. The molecule has 0 unspecified atom stereocenters. The van der Waals surface area contributed by atoms with Crippen molar-refractivity contribution in [3.8, 4) is 17.6 Å². The van der Waals surface area contributed by atoms with E-state index in [-0.39, 0.29) is 12.4 Å². The third-order valence-corrected chi connectivity index (χ3v) is 1.67. The Morgan fingerprint density at radius 1 is 1.38 bits per heavy atom. The number of aromatic hydroxyl groups is 1. The van der Waals surface area contributed by atoms with E-state index in [9.17, 15) is 5.11 Å². The van der Waals surface area contributed by atoms with Crippen molar-refractivity contribution in [2.45, 2.75) is 13.3 Å². The molecule has 0 aliphatic carbocycles. The second-order valence-corrected chi connectivity index (χ2v) is 2.78. The molecule has 0 aromatic heterocycles. The number of aliphatic hydroxyl groups excluding tert-OH is 1. The summed E-state index contributed by atoms with van der Waals surface area (Å²) in [7, 11) is 0. The van der Waals surface area contributed by atoms with Crippen LogP contribution >= 0.6 is 0 Å². The van der Waals surface area contributed by atoms with Crippen LogP contribution < -0.4 is 0 Å². The van der Waals surface area contributed by atoms with Crippen LogP contribution in [0, 0.1) is 18.8 Å². The predicted octanol–water partition coefficient (Wildman–Crippen LogP) is 1.43. The fourth-order valence-corrected chi connectivity index (χ4v) is 0.954. The number of phenols is 1. The zero-order chi connectivity index (χ0) is 9.68. The smallest absolute Gasteiger partial charge is 0.118 e. The van der Waals surface area contributed by atoms with E-state index in [0.717, 1.165) is 11.1 Å². The lowest BCUT2D eigenvalue weighted by molar-refractivity contribution is 0.305. The largest absolute Gasteiger partial charge is 0.508 e. The van der Waals surface area contributed by atoms with Gasteiger partial charge in [-0.2, -0.15) is 0 Å². The van der Waals surface area contributed by atoms with Crippen LogP contribution in [0.3, 0.4) is 0 Å². The highest BCUT2D eigenvalue weighted by Crippen LogP contribution is 2.15. The van der Waals surface area contributed by atoms with Crippen LogP contribution in [0.4, 0.5) is 0 Å². The molecule has 1 aromatic rings. The van der Waals surface area contributed by atoms with Crippen molar-refractivity contribution in [2.75, 3.05) is 6.61 Å². The van der Waals surface area contributed by atoms with Crippen molar-refractivity contribution in [3.05, 3.63) is 29.3 Å². The maximum absolute atomic E-state index is 9.23. The summed E-state index contributed by atoms with van der Waals surface area (Å²) >= 11 is 0. The average Bonchev–Trinajstić information content (AvgIpc) is 2.12. The van der Waals surface area contributed by atoms with Gasteiger partial charge in [0.15, 0.2) is 0 Å². The van der Waals surface area contributed by atoms with Crippen LogP contribution in [0.1, 0.15) is 17.5 Å². The molecule has 68 valence electrons. The van der Waals surface area contributed by atoms with E-state index >= 15 is 0 Å². The van der Waals surface area contributed by atoms with Crippen LogP contribution in [-0.4, -0.2) is 16.8 Å². The summed E-state index contributed by atoms with van der Waals surface area (Å²) in [6.45, 7) is 1.91. The lowest BCUT2D eigenvalue weighted by atomic mass is 10.1. The number of aryl methyl sites for hydroxylation is 1. The number of rotatable bonds is 1. The van der Waals surface area contributed by atoms with Gasteiger partial charge in [0.2, 0.25) is 0 Å². The molecule has 0 saturated heterocycles. The number of hydrogen-bond donors (Lipinski definition) is 2. The van der Waals surface area contributed by atoms with Crippen LogP contribution in [0.5, 0.6) is 5.75 Å².